The van der Waals surface area contributed by atoms with Crippen molar-refractivity contribution in [2.24, 2.45) is 16.8 Å². The maximum atomic E-state index is 4.63. The molecule has 0 aromatic rings. The number of hydrogen-bond donors (Lipinski definition) is 1. The molecule has 1 aliphatic heterocycles. The van der Waals surface area contributed by atoms with Crippen LogP contribution in [-0.2, 0) is 0 Å². The van der Waals surface area contributed by atoms with Crippen molar-refractivity contribution in [3.05, 3.63) is 0 Å². The van der Waals surface area contributed by atoms with E-state index in [2.05, 4.69) is 24.2 Å². The number of nitrogens with zero attached hydrogens (tertiary/aromatic N) is 1. The predicted molar refractivity (Wildman–Crippen MR) is 77.7 cm³/mol. The zero-order valence-electron chi connectivity index (χ0n) is 11.2. The van der Waals surface area contributed by atoms with Gasteiger partial charge in [-0.2, -0.15) is 0 Å². The fourth-order valence-electron chi connectivity index (χ4n) is 2.54. The Hall–Kier alpha value is -0.180. The van der Waals surface area contributed by atoms with Crippen molar-refractivity contribution in [2.45, 2.75) is 57.6 Å². The molecule has 0 bridgehead atoms. The molecule has 2 nitrogen and oxygen atoms in total. The highest BCUT2D eigenvalue weighted by molar-refractivity contribution is 8.14. The monoisotopic (exact) mass is 254 g/mol. The number of aliphatic imine (C=N–C) groups is 1. The molecule has 1 N–H and O–H groups in total. The van der Waals surface area contributed by atoms with Gasteiger partial charge in [-0.25, -0.2) is 0 Å². The largest absolute Gasteiger partial charge is 0.365 e. The first-order chi connectivity index (χ1) is 8.33. The molecule has 1 aliphatic carbocycles. The zero-order chi connectivity index (χ0) is 12.1. The van der Waals surface area contributed by atoms with Crippen LogP contribution in [0.4, 0.5) is 0 Å². The molecule has 0 radical (unpaired) electrons. The third-order valence-electron chi connectivity index (χ3n) is 4.01. The highest BCUT2D eigenvalue weighted by Gasteiger charge is 2.25. The maximum Gasteiger partial charge on any atom is 0.156 e. The van der Waals surface area contributed by atoms with Crippen LogP contribution in [0.3, 0.4) is 0 Å². The Bertz CT molecular complexity index is 257. The summed E-state index contributed by atoms with van der Waals surface area (Å²) in [4.78, 5) is 4.63. The smallest absolute Gasteiger partial charge is 0.156 e. The van der Waals surface area contributed by atoms with Gasteiger partial charge < -0.3 is 5.32 Å². The first-order valence-electron chi connectivity index (χ1n) is 7.28. The molecule has 0 aromatic carbocycles. The van der Waals surface area contributed by atoms with Gasteiger partial charge in [-0.1, -0.05) is 51.3 Å². The van der Waals surface area contributed by atoms with Gasteiger partial charge in [0, 0.05) is 11.8 Å². The SMILES string of the molecule is CCC(CC)C1CN=C(NCCCC2CC2)S1. The molecule has 0 amide bonds. The Morgan fingerprint density at radius 1 is 1.35 bits per heavy atom. The van der Waals surface area contributed by atoms with Crippen LogP contribution in [0.15, 0.2) is 4.99 Å². The molecule has 1 atom stereocenters. The van der Waals surface area contributed by atoms with E-state index in [1.807, 2.05) is 11.8 Å². The van der Waals surface area contributed by atoms with E-state index in [4.69, 9.17) is 0 Å². The average molecular weight is 254 g/mol. The predicted octanol–water partition coefficient (Wildman–Crippen LogP) is 3.67. The van der Waals surface area contributed by atoms with Gasteiger partial charge in [-0.05, 0) is 24.7 Å². The topological polar surface area (TPSA) is 24.4 Å². The fourth-order valence-corrected chi connectivity index (χ4v) is 3.89. The Morgan fingerprint density at radius 3 is 2.76 bits per heavy atom. The first kappa shape index (κ1) is 13.3. The van der Waals surface area contributed by atoms with Crippen LogP contribution in [0.2, 0.25) is 0 Å². The summed E-state index contributed by atoms with van der Waals surface area (Å²) < 4.78 is 0. The minimum Gasteiger partial charge on any atom is -0.365 e. The van der Waals surface area contributed by atoms with E-state index < -0.39 is 0 Å². The third-order valence-corrected chi connectivity index (χ3v) is 5.35. The van der Waals surface area contributed by atoms with Crippen molar-refractivity contribution < 1.29 is 0 Å². The Labute approximate surface area is 110 Å². The quantitative estimate of drug-likeness (QED) is 0.701. The van der Waals surface area contributed by atoms with Crippen molar-refractivity contribution in [1.82, 2.24) is 5.32 Å². The van der Waals surface area contributed by atoms with Crippen molar-refractivity contribution in [2.75, 3.05) is 13.1 Å². The summed E-state index contributed by atoms with van der Waals surface area (Å²) in [6, 6.07) is 0. The highest BCUT2D eigenvalue weighted by atomic mass is 32.2. The van der Waals surface area contributed by atoms with Crippen molar-refractivity contribution >= 4 is 16.9 Å². The fraction of sp³-hybridized carbons (Fsp3) is 0.929. The number of hydrogen-bond acceptors (Lipinski definition) is 3. The molecular formula is C14H26N2S. The molecule has 0 saturated heterocycles. The molecule has 0 aromatic heterocycles. The van der Waals surface area contributed by atoms with Crippen LogP contribution in [0.1, 0.15) is 52.4 Å². The zero-order valence-corrected chi connectivity index (χ0v) is 12.1. The number of rotatable bonds is 7. The van der Waals surface area contributed by atoms with E-state index in [-0.39, 0.29) is 0 Å². The lowest BCUT2D eigenvalue weighted by molar-refractivity contribution is 0.479. The molecule has 1 unspecified atom stereocenters. The van der Waals surface area contributed by atoms with Crippen LogP contribution in [0, 0.1) is 11.8 Å². The van der Waals surface area contributed by atoms with Gasteiger partial charge in [-0.15, -0.1) is 0 Å². The molecule has 1 fully saturated rings. The van der Waals surface area contributed by atoms with E-state index in [9.17, 15) is 0 Å². The highest BCUT2D eigenvalue weighted by Crippen LogP contribution is 2.33. The van der Waals surface area contributed by atoms with E-state index >= 15 is 0 Å². The van der Waals surface area contributed by atoms with E-state index in [1.54, 1.807) is 0 Å². The molecule has 1 heterocycles. The second-order valence-corrected chi connectivity index (χ2v) is 6.62. The molecule has 17 heavy (non-hydrogen) atoms. The van der Waals surface area contributed by atoms with E-state index in [0.29, 0.717) is 0 Å². The van der Waals surface area contributed by atoms with Gasteiger partial charge in [0.05, 0.1) is 6.54 Å². The van der Waals surface area contributed by atoms with Gasteiger partial charge in [0.15, 0.2) is 5.17 Å². The van der Waals surface area contributed by atoms with Gasteiger partial charge in [0.1, 0.15) is 0 Å². The third kappa shape index (κ3) is 4.20. The van der Waals surface area contributed by atoms with E-state index in [0.717, 1.165) is 30.2 Å². The summed E-state index contributed by atoms with van der Waals surface area (Å²) in [6.45, 7) is 6.76. The number of amidine groups is 1. The lowest BCUT2D eigenvalue weighted by Gasteiger charge is -2.18. The summed E-state index contributed by atoms with van der Waals surface area (Å²) in [5, 5.41) is 5.45. The summed E-state index contributed by atoms with van der Waals surface area (Å²) in [6.07, 6.45) is 8.27. The Kier molecular flexibility index (Phi) is 5.20. The molecule has 2 rings (SSSR count). The number of thioether (sulfide) groups is 1. The van der Waals surface area contributed by atoms with Crippen LogP contribution in [-0.4, -0.2) is 23.5 Å². The minimum absolute atomic E-state index is 0.732. The van der Waals surface area contributed by atoms with Gasteiger partial charge in [0.2, 0.25) is 0 Å². The molecular weight excluding hydrogens is 228 g/mol. The van der Waals surface area contributed by atoms with Crippen molar-refractivity contribution in [3.63, 3.8) is 0 Å². The summed E-state index contributed by atoms with van der Waals surface area (Å²) in [5.74, 6) is 1.90. The standard InChI is InChI=1S/C14H26N2S/c1-3-12(4-2)13-10-16-14(17-13)15-9-5-6-11-7-8-11/h11-13H,3-10H2,1-2H3,(H,15,16). The van der Waals surface area contributed by atoms with Gasteiger partial charge >= 0.3 is 0 Å². The lowest BCUT2D eigenvalue weighted by Crippen LogP contribution is -2.22. The minimum atomic E-state index is 0.732. The molecule has 3 heteroatoms. The Balaban J connectivity index is 1.59. The number of nitrogens with one attached hydrogen (secondary N) is 1. The molecule has 98 valence electrons. The average Bonchev–Trinajstić information content (AvgIpc) is 3.06. The Morgan fingerprint density at radius 2 is 2.12 bits per heavy atom. The molecule has 2 aliphatic rings. The van der Waals surface area contributed by atoms with Crippen LogP contribution in [0.5, 0.6) is 0 Å². The van der Waals surface area contributed by atoms with Crippen molar-refractivity contribution in [3.8, 4) is 0 Å². The normalized spacial score (nSPS) is 24.2. The summed E-state index contributed by atoms with van der Waals surface area (Å²) >= 11 is 1.98. The lowest BCUT2D eigenvalue weighted by atomic mass is 9.99. The maximum absolute atomic E-state index is 4.63. The van der Waals surface area contributed by atoms with Gasteiger partial charge in [-0.3, -0.25) is 4.99 Å². The second kappa shape index (κ2) is 6.67. The van der Waals surface area contributed by atoms with Crippen LogP contribution in [0.25, 0.3) is 0 Å². The summed E-state index contributed by atoms with van der Waals surface area (Å²) in [7, 11) is 0. The molecule has 0 spiro atoms. The van der Waals surface area contributed by atoms with Crippen molar-refractivity contribution in [1.29, 1.82) is 0 Å². The first-order valence-corrected chi connectivity index (χ1v) is 8.16. The molecule has 1 saturated carbocycles. The second-order valence-electron chi connectivity index (χ2n) is 5.39. The van der Waals surface area contributed by atoms with Crippen LogP contribution < -0.4 is 5.32 Å². The van der Waals surface area contributed by atoms with Gasteiger partial charge in [0.25, 0.3) is 0 Å². The summed E-state index contributed by atoms with van der Waals surface area (Å²) in [5.41, 5.74) is 0. The van der Waals surface area contributed by atoms with Crippen LogP contribution >= 0.6 is 11.8 Å². The van der Waals surface area contributed by atoms with E-state index in [1.165, 1.54) is 43.7 Å².